The van der Waals surface area contributed by atoms with Gasteiger partial charge in [0.15, 0.2) is 0 Å². The second-order valence-corrected chi connectivity index (χ2v) is 8.18. The van der Waals surface area contributed by atoms with Crippen LogP contribution in [0.4, 0.5) is 0 Å². The van der Waals surface area contributed by atoms with E-state index in [1.807, 2.05) is 24.3 Å². The topological polar surface area (TPSA) is 121 Å². The van der Waals surface area contributed by atoms with Crippen molar-refractivity contribution in [1.29, 1.82) is 0 Å². The van der Waals surface area contributed by atoms with Gasteiger partial charge in [-0.05, 0) is 95.3 Å². The average molecular weight is 503 g/mol. The highest BCUT2D eigenvalue weighted by Gasteiger charge is 2.26. The molecule has 0 aliphatic heterocycles. The molecule has 0 radical (unpaired) electrons. The second-order valence-electron chi connectivity index (χ2n) is 8.18. The van der Waals surface area contributed by atoms with E-state index in [-0.39, 0.29) is 23.9 Å². The van der Waals surface area contributed by atoms with Gasteiger partial charge in [-0.15, -0.1) is 0 Å². The van der Waals surface area contributed by atoms with Gasteiger partial charge < -0.3 is 30.6 Å². The van der Waals surface area contributed by atoms with E-state index in [0.29, 0.717) is 24.2 Å². The lowest BCUT2D eigenvalue weighted by molar-refractivity contribution is 0.281. The van der Waals surface area contributed by atoms with E-state index < -0.39 is 0 Å². The molecule has 0 heterocycles. The van der Waals surface area contributed by atoms with Gasteiger partial charge in [0, 0.05) is 19.1 Å². The van der Waals surface area contributed by atoms with Gasteiger partial charge in [-0.25, -0.2) is 0 Å². The molecular formula is C31H34O6. The lowest BCUT2D eigenvalue weighted by Crippen LogP contribution is -1.94. The van der Waals surface area contributed by atoms with Crippen LogP contribution in [0, 0.1) is 0 Å². The van der Waals surface area contributed by atoms with Gasteiger partial charge in [-0.1, -0.05) is 43.0 Å². The van der Waals surface area contributed by atoms with Crippen LogP contribution in [0.2, 0.25) is 0 Å². The fraction of sp³-hybridized carbons (Fsp3) is 0.161. The lowest BCUT2D eigenvalue weighted by Gasteiger charge is -2.11. The van der Waals surface area contributed by atoms with E-state index in [4.69, 9.17) is 10.2 Å². The predicted octanol–water partition coefficient (Wildman–Crippen LogP) is 5.72. The van der Waals surface area contributed by atoms with Gasteiger partial charge in [0.05, 0.1) is 6.61 Å². The van der Waals surface area contributed by atoms with Crippen molar-refractivity contribution in [3.05, 3.63) is 131 Å². The van der Waals surface area contributed by atoms with Crippen LogP contribution in [0.1, 0.15) is 29.2 Å². The van der Waals surface area contributed by atoms with E-state index in [9.17, 15) is 20.4 Å². The second kappa shape index (κ2) is 14.3. The molecule has 0 atom stereocenters. The Balaban J connectivity index is 0.000000455. The smallest absolute Gasteiger partial charge is 0.120 e. The minimum absolute atomic E-state index is 0.154. The molecule has 6 nitrogen and oxygen atoms in total. The Morgan fingerprint density at radius 3 is 2.03 bits per heavy atom. The summed E-state index contributed by atoms with van der Waals surface area (Å²) < 4.78 is 0. The van der Waals surface area contributed by atoms with Gasteiger partial charge in [0.1, 0.15) is 23.0 Å². The Labute approximate surface area is 217 Å². The van der Waals surface area contributed by atoms with Crippen LogP contribution in [0.15, 0.2) is 108 Å². The van der Waals surface area contributed by atoms with Gasteiger partial charge in [-0.2, -0.15) is 0 Å². The third-order valence-corrected chi connectivity index (χ3v) is 5.72. The minimum Gasteiger partial charge on any atom is -0.508 e. The van der Waals surface area contributed by atoms with Crippen molar-refractivity contribution in [2.45, 2.75) is 26.4 Å². The zero-order valence-electron chi connectivity index (χ0n) is 21.1. The molecule has 6 N–H and O–H groups in total. The molecule has 37 heavy (non-hydrogen) atoms. The average Bonchev–Trinajstić information content (AvgIpc) is 3.29. The van der Waals surface area contributed by atoms with Crippen molar-refractivity contribution in [3.63, 3.8) is 0 Å². The number of aliphatic hydroxyl groups excluding tert-OH is 3. The number of hydrogen-bond donors (Lipinski definition) is 6. The van der Waals surface area contributed by atoms with Gasteiger partial charge in [0.25, 0.3) is 0 Å². The lowest BCUT2D eigenvalue weighted by atomic mass is 9.94. The Bertz CT molecular complexity index is 1270. The van der Waals surface area contributed by atoms with Crippen LogP contribution in [-0.2, 0) is 19.4 Å². The number of rotatable bonds is 6. The summed E-state index contributed by atoms with van der Waals surface area (Å²) in [6.45, 7) is 5.74. The quantitative estimate of drug-likeness (QED) is 0.189. The number of aliphatic hydroxyl groups is 3. The van der Waals surface area contributed by atoms with E-state index >= 15 is 0 Å². The molecule has 0 saturated heterocycles. The normalized spacial score (nSPS) is 12.4. The molecule has 1 aliphatic rings. The summed E-state index contributed by atoms with van der Waals surface area (Å²) >= 11 is 0. The highest BCUT2D eigenvalue weighted by atomic mass is 16.3. The first-order valence-electron chi connectivity index (χ1n) is 11.7. The SMILES string of the molecule is C=C(/C=C\C(O)=C/C)C1=C(Cc2ccc(O)cc2)c2cc(CO)cc(O)c2C1.CO.Oc1ccccc1. The first kappa shape index (κ1) is 29.0. The summed E-state index contributed by atoms with van der Waals surface area (Å²) in [5, 5.41) is 54.8. The molecule has 4 rings (SSSR count). The number of allylic oxidation sites excluding steroid dienone is 6. The van der Waals surface area contributed by atoms with Crippen molar-refractivity contribution >= 4 is 5.57 Å². The monoisotopic (exact) mass is 502 g/mol. The van der Waals surface area contributed by atoms with E-state index in [1.54, 1.807) is 67.6 Å². The Kier molecular flexibility index (Phi) is 11.2. The van der Waals surface area contributed by atoms with E-state index in [0.717, 1.165) is 40.5 Å². The maximum atomic E-state index is 10.5. The van der Waals surface area contributed by atoms with Crippen molar-refractivity contribution in [2.24, 2.45) is 0 Å². The zero-order valence-corrected chi connectivity index (χ0v) is 21.1. The molecule has 0 unspecified atom stereocenters. The molecule has 0 spiro atoms. The molecule has 0 bridgehead atoms. The highest BCUT2D eigenvalue weighted by Crippen LogP contribution is 2.43. The Hall–Kier alpha value is -4.26. The maximum Gasteiger partial charge on any atom is 0.120 e. The summed E-state index contributed by atoms with van der Waals surface area (Å²) in [4.78, 5) is 0. The number of phenols is 3. The summed E-state index contributed by atoms with van der Waals surface area (Å²) in [6.07, 6.45) is 6.07. The molecule has 3 aromatic carbocycles. The molecule has 1 aliphatic carbocycles. The summed E-state index contributed by atoms with van der Waals surface area (Å²) in [5.74, 6) is 0.845. The third kappa shape index (κ3) is 8.14. The maximum absolute atomic E-state index is 10.5. The van der Waals surface area contributed by atoms with E-state index in [1.165, 1.54) is 0 Å². The van der Waals surface area contributed by atoms with Crippen molar-refractivity contribution in [2.75, 3.05) is 7.11 Å². The number of para-hydroxylation sites is 1. The Morgan fingerprint density at radius 1 is 0.865 bits per heavy atom. The van der Waals surface area contributed by atoms with Crippen molar-refractivity contribution < 1.29 is 30.6 Å². The molecule has 0 fully saturated rings. The Morgan fingerprint density at radius 2 is 1.49 bits per heavy atom. The minimum atomic E-state index is -0.154. The van der Waals surface area contributed by atoms with Crippen LogP contribution in [-0.4, -0.2) is 37.7 Å². The number of phenolic OH excluding ortho intramolecular Hbond substituents is 3. The molecule has 6 heteroatoms. The van der Waals surface area contributed by atoms with E-state index in [2.05, 4.69) is 6.58 Å². The summed E-state index contributed by atoms with van der Waals surface area (Å²) in [6, 6.07) is 19.2. The van der Waals surface area contributed by atoms with Gasteiger partial charge in [-0.3, -0.25) is 0 Å². The summed E-state index contributed by atoms with van der Waals surface area (Å²) in [7, 11) is 1.00. The standard InChI is InChI=1S/C24H24O4.C6H6O.CH4O/c1-3-18(26)7-4-15(2)20-13-23-22(11-17(14-25)12-24(23)28)21(20)10-16-5-8-19(27)9-6-16;7-6-4-2-1-3-5-6;1-2/h3-9,11-12,25-28H,2,10,13-14H2,1H3;1-5,7H;2H,1H3/b7-4-,18-3+;;. The fourth-order valence-electron chi connectivity index (χ4n) is 3.85. The molecular weight excluding hydrogens is 468 g/mol. The third-order valence-electron chi connectivity index (χ3n) is 5.72. The van der Waals surface area contributed by atoms with Crippen molar-refractivity contribution in [1.82, 2.24) is 0 Å². The number of fused-ring (bicyclic) bond motifs is 1. The molecule has 0 amide bonds. The first-order chi connectivity index (χ1) is 17.8. The zero-order chi connectivity index (χ0) is 27.4. The largest absolute Gasteiger partial charge is 0.508 e. The fourth-order valence-corrected chi connectivity index (χ4v) is 3.85. The van der Waals surface area contributed by atoms with Crippen molar-refractivity contribution in [3.8, 4) is 17.2 Å². The van der Waals surface area contributed by atoms with Crippen LogP contribution in [0.5, 0.6) is 17.2 Å². The molecule has 194 valence electrons. The summed E-state index contributed by atoms with van der Waals surface area (Å²) in [5.41, 5.74) is 6.12. The number of hydrogen-bond acceptors (Lipinski definition) is 6. The number of aromatic hydroxyl groups is 3. The van der Waals surface area contributed by atoms with Gasteiger partial charge >= 0.3 is 0 Å². The van der Waals surface area contributed by atoms with Crippen LogP contribution < -0.4 is 0 Å². The van der Waals surface area contributed by atoms with Crippen LogP contribution >= 0.6 is 0 Å². The molecule has 0 aromatic heterocycles. The highest BCUT2D eigenvalue weighted by molar-refractivity contribution is 5.83. The van der Waals surface area contributed by atoms with Crippen LogP contribution in [0.3, 0.4) is 0 Å². The van der Waals surface area contributed by atoms with Gasteiger partial charge in [0.2, 0.25) is 0 Å². The first-order valence-corrected chi connectivity index (χ1v) is 11.7. The predicted molar refractivity (Wildman–Crippen MR) is 147 cm³/mol. The van der Waals surface area contributed by atoms with Crippen LogP contribution in [0.25, 0.3) is 5.57 Å². The number of benzene rings is 3. The molecule has 3 aromatic rings. The molecule has 0 saturated carbocycles.